The van der Waals surface area contributed by atoms with Gasteiger partial charge in [-0.2, -0.15) is 4.31 Å². The Morgan fingerprint density at radius 3 is 2.55 bits per heavy atom. The number of nitrogens with zero attached hydrogens (tertiary/aromatic N) is 3. The number of nitrogens with one attached hydrogen (secondary N) is 1. The minimum Gasteiger partial charge on any atom is -0.357 e. The van der Waals surface area contributed by atoms with Crippen LogP contribution in [0.1, 0.15) is 30.2 Å². The summed E-state index contributed by atoms with van der Waals surface area (Å²) in [5.74, 6) is 0.859. The predicted molar refractivity (Wildman–Crippen MR) is 120 cm³/mol. The van der Waals surface area contributed by atoms with Crippen LogP contribution in [0, 0.1) is 0 Å². The molecule has 8 heteroatoms. The highest BCUT2D eigenvalue weighted by Gasteiger charge is 2.26. The lowest BCUT2D eigenvalue weighted by Gasteiger charge is -2.21. The molecule has 6 nitrogen and oxygen atoms in total. The van der Waals surface area contributed by atoms with Crippen LogP contribution in [0.4, 0.5) is 0 Å². The summed E-state index contributed by atoms with van der Waals surface area (Å²) in [5, 5.41) is 5.43. The van der Waals surface area contributed by atoms with E-state index in [1.165, 1.54) is 4.88 Å². The molecule has 0 bridgehead atoms. The molecule has 2 heterocycles. The van der Waals surface area contributed by atoms with Crippen molar-refractivity contribution in [2.24, 2.45) is 4.99 Å². The number of aliphatic imine (C=N–C) groups is 1. The van der Waals surface area contributed by atoms with Gasteiger partial charge < -0.3 is 10.2 Å². The summed E-state index contributed by atoms with van der Waals surface area (Å²) in [4.78, 5) is 8.59. The lowest BCUT2D eigenvalue weighted by Crippen LogP contribution is -2.39. The van der Waals surface area contributed by atoms with Crippen molar-refractivity contribution in [1.82, 2.24) is 14.5 Å². The third kappa shape index (κ3) is 5.81. The first kappa shape index (κ1) is 21.8. The molecule has 1 aliphatic heterocycles. The molecule has 0 unspecified atom stereocenters. The van der Waals surface area contributed by atoms with Gasteiger partial charge in [-0.15, -0.1) is 11.3 Å². The Labute approximate surface area is 178 Å². The van der Waals surface area contributed by atoms with E-state index in [9.17, 15) is 8.42 Å². The minimum atomic E-state index is -3.36. The van der Waals surface area contributed by atoms with Crippen molar-refractivity contribution in [2.45, 2.75) is 37.6 Å². The first-order valence-corrected chi connectivity index (χ1v) is 12.4. The number of thiophene rings is 1. The average molecular weight is 435 g/mol. The molecule has 1 aromatic carbocycles. The van der Waals surface area contributed by atoms with Crippen molar-refractivity contribution >= 4 is 27.3 Å². The quantitative estimate of drug-likeness (QED) is 0.512. The van der Waals surface area contributed by atoms with Gasteiger partial charge in [-0.3, -0.25) is 0 Å². The summed E-state index contributed by atoms with van der Waals surface area (Å²) in [7, 11) is -1.32. The van der Waals surface area contributed by atoms with Crippen molar-refractivity contribution in [2.75, 3.05) is 33.2 Å². The number of rotatable bonds is 8. The Hall–Kier alpha value is -1.90. The van der Waals surface area contributed by atoms with Crippen LogP contribution in [-0.2, 0) is 23.0 Å². The van der Waals surface area contributed by atoms with E-state index in [0.717, 1.165) is 43.9 Å². The van der Waals surface area contributed by atoms with Crippen LogP contribution in [0.25, 0.3) is 0 Å². The Morgan fingerprint density at radius 1 is 1.21 bits per heavy atom. The number of likely N-dealkylation sites (N-methyl/N-ethyl adjacent to an activating group) is 1. The highest BCUT2D eigenvalue weighted by molar-refractivity contribution is 7.89. The molecule has 29 heavy (non-hydrogen) atoms. The van der Waals surface area contributed by atoms with E-state index in [-0.39, 0.29) is 0 Å². The Morgan fingerprint density at radius 2 is 1.93 bits per heavy atom. The fraction of sp³-hybridized carbons (Fsp3) is 0.476. The van der Waals surface area contributed by atoms with Crippen molar-refractivity contribution < 1.29 is 8.42 Å². The van der Waals surface area contributed by atoms with Crippen LogP contribution in [0.5, 0.6) is 0 Å². The van der Waals surface area contributed by atoms with E-state index in [2.05, 4.69) is 34.7 Å². The zero-order valence-corrected chi connectivity index (χ0v) is 18.8. The van der Waals surface area contributed by atoms with E-state index in [1.807, 2.05) is 19.2 Å². The van der Waals surface area contributed by atoms with Crippen molar-refractivity contribution in [3.63, 3.8) is 0 Å². The lowest BCUT2D eigenvalue weighted by atomic mass is 10.2. The maximum Gasteiger partial charge on any atom is 0.243 e. The Bertz CT molecular complexity index is 887. The SMILES string of the molecule is CCNC(=NCc1ccc(S(=O)(=O)N2CCCC2)cc1)N(C)CCc1cccs1. The maximum absolute atomic E-state index is 12.6. The minimum absolute atomic E-state index is 0.368. The molecule has 1 fully saturated rings. The van der Waals surface area contributed by atoms with Crippen LogP contribution >= 0.6 is 11.3 Å². The first-order chi connectivity index (χ1) is 14.0. The molecule has 0 saturated carbocycles. The van der Waals surface area contributed by atoms with E-state index in [4.69, 9.17) is 4.99 Å². The van der Waals surface area contributed by atoms with Crippen molar-refractivity contribution in [1.29, 1.82) is 0 Å². The van der Waals surface area contributed by atoms with Gasteiger partial charge in [-0.05, 0) is 55.3 Å². The average Bonchev–Trinajstić information content (AvgIpc) is 3.44. The topological polar surface area (TPSA) is 65.0 Å². The molecule has 2 aromatic rings. The molecule has 0 aliphatic carbocycles. The van der Waals surface area contributed by atoms with Gasteiger partial charge in [0, 0.05) is 38.1 Å². The van der Waals surface area contributed by atoms with Crippen LogP contribution in [-0.4, -0.2) is 56.8 Å². The van der Waals surface area contributed by atoms with Crippen LogP contribution < -0.4 is 5.32 Å². The second kappa shape index (κ2) is 10.2. The molecule has 1 aromatic heterocycles. The van der Waals surface area contributed by atoms with Gasteiger partial charge >= 0.3 is 0 Å². The molecule has 3 rings (SSSR count). The summed E-state index contributed by atoms with van der Waals surface area (Å²) >= 11 is 1.77. The van der Waals surface area contributed by atoms with Crippen molar-refractivity contribution in [3.8, 4) is 0 Å². The molecular formula is C21H30N4O2S2. The van der Waals surface area contributed by atoms with Gasteiger partial charge in [0.15, 0.2) is 5.96 Å². The van der Waals surface area contributed by atoms with Gasteiger partial charge in [0.05, 0.1) is 11.4 Å². The number of sulfonamides is 1. The fourth-order valence-corrected chi connectivity index (χ4v) is 5.53. The van der Waals surface area contributed by atoms with Crippen LogP contribution in [0.15, 0.2) is 51.7 Å². The van der Waals surface area contributed by atoms with E-state index in [0.29, 0.717) is 24.5 Å². The van der Waals surface area contributed by atoms with E-state index in [1.54, 1.807) is 27.8 Å². The van der Waals surface area contributed by atoms with Gasteiger partial charge in [-0.25, -0.2) is 13.4 Å². The monoisotopic (exact) mass is 434 g/mol. The molecule has 0 radical (unpaired) electrons. The molecule has 0 spiro atoms. The summed E-state index contributed by atoms with van der Waals surface area (Å²) in [6.07, 6.45) is 2.88. The lowest BCUT2D eigenvalue weighted by molar-refractivity contribution is 0.477. The van der Waals surface area contributed by atoms with Crippen molar-refractivity contribution in [3.05, 3.63) is 52.2 Å². The van der Waals surface area contributed by atoms with E-state index >= 15 is 0 Å². The smallest absolute Gasteiger partial charge is 0.243 e. The van der Waals surface area contributed by atoms with E-state index < -0.39 is 10.0 Å². The molecule has 1 N–H and O–H groups in total. The summed E-state index contributed by atoms with van der Waals surface area (Å²) in [6, 6.07) is 11.4. The third-order valence-electron chi connectivity index (χ3n) is 5.01. The largest absolute Gasteiger partial charge is 0.357 e. The van der Waals surface area contributed by atoms with Gasteiger partial charge in [0.2, 0.25) is 10.0 Å². The number of hydrogen-bond acceptors (Lipinski definition) is 4. The van der Waals surface area contributed by atoms with Gasteiger partial charge in [0.1, 0.15) is 0 Å². The number of benzene rings is 1. The molecule has 1 aliphatic rings. The normalized spacial score (nSPS) is 15.6. The molecular weight excluding hydrogens is 404 g/mol. The molecule has 1 saturated heterocycles. The predicted octanol–water partition coefficient (Wildman–Crippen LogP) is 3.17. The first-order valence-electron chi connectivity index (χ1n) is 10.1. The van der Waals surface area contributed by atoms with Gasteiger partial charge in [-0.1, -0.05) is 18.2 Å². The van der Waals surface area contributed by atoms with Crippen LogP contribution in [0.3, 0.4) is 0 Å². The molecule has 0 amide bonds. The second-order valence-electron chi connectivity index (χ2n) is 7.18. The van der Waals surface area contributed by atoms with Crippen LogP contribution in [0.2, 0.25) is 0 Å². The zero-order valence-electron chi connectivity index (χ0n) is 17.2. The third-order valence-corrected chi connectivity index (χ3v) is 7.86. The summed E-state index contributed by atoms with van der Waals surface area (Å²) in [6.45, 7) is 5.50. The zero-order chi connectivity index (χ0) is 20.7. The fourth-order valence-electron chi connectivity index (χ4n) is 3.32. The maximum atomic E-state index is 12.6. The highest BCUT2D eigenvalue weighted by atomic mass is 32.2. The Balaban J connectivity index is 1.62. The second-order valence-corrected chi connectivity index (χ2v) is 10.1. The van der Waals surface area contributed by atoms with Gasteiger partial charge in [0.25, 0.3) is 0 Å². The summed E-state index contributed by atoms with van der Waals surface area (Å²) < 4.78 is 26.9. The number of guanidine groups is 1. The number of hydrogen-bond donors (Lipinski definition) is 1. The summed E-state index contributed by atoms with van der Waals surface area (Å²) in [5.41, 5.74) is 0.993. The highest BCUT2D eigenvalue weighted by Crippen LogP contribution is 2.21. The molecule has 0 atom stereocenters. The standard InChI is InChI=1S/C21H30N4O2S2/c1-3-22-21(24(2)15-12-19-7-6-16-28-19)23-17-18-8-10-20(11-9-18)29(26,27)25-13-4-5-14-25/h6-11,16H,3-5,12-15,17H2,1-2H3,(H,22,23). The molecule has 158 valence electrons. The Kier molecular flexibility index (Phi) is 7.69.